The van der Waals surface area contributed by atoms with Gasteiger partial charge >= 0.3 is 5.97 Å². The van der Waals surface area contributed by atoms with Crippen LogP contribution in [0.5, 0.6) is 0 Å². The van der Waals surface area contributed by atoms with Crippen LogP contribution < -0.4 is 0 Å². The van der Waals surface area contributed by atoms with Crippen LogP contribution >= 0.6 is 11.6 Å². The third-order valence-electron chi connectivity index (χ3n) is 4.05. The highest BCUT2D eigenvalue weighted by Crippen LogP contribution is 2.59. The van der Waals surface area contributed by atoms with Gasteiger partial charge in [0.15, 0.2) is 6.10 Å². The standard InChI is InChI=1S/C18H25ClO2/c1-7-15(13(4)9-8-10-19)21-17(20)16-14(11-12(2)3)18(16,5)6/h1,9,11,14-16H,8,10H2,2-6H3. The topological polar surface area (TPSA) is 26.3 Å². The first-order chi connectivity index (χ1) is 9.75. The molecule has 0 N–H and O–H groups in total. The largest absolute Gasteiger partial charge is 0.444 e. The van der Waals surface area contributed by atoms with Gasteiger partial charge in [-0.1, -0.05) is 37.5 Å². The lowest BCUT2D eigenvalue weighted by molar-refractivity contribution is -0.147. The molecule has 0 aromatic heterocycles. The molecule has 0 aliphatic heterocycles. The molecule has 1 saturated carbocycles. The number of terminal acetylenes is 1. The molecule has 3 heteroatoms. The number of ether oxygens (including phenoxy) is 1. The first-order valence-electron chi connectivity index (χ1n) is 7.30. The van der Waals surface area contributed by atoms with Crippen LogP contribution in [0.25, 0.3) is 0 Å². The Bertz CT molecular complexity index is 490. The van der Waals surface area contributed by atoms with E-state index in [0.29, 0.717) is 5.88 Å². The van der Waals surface area contributed by atoms with Crippen LogP contribution in [0.2, 0.25) is 0 Å². The molecule has 0 bridgehead atoms. The second-order valence-corrected chi connectivity index (χ2v) is 6.86. The van der Waals surface area contributed by atoms with Crippen LogP contribution in [-0.2, 0) is 9.53 Å². The van der Waals surface area contributed by atoms with E-state index in [0.717, 1.165) is 12.0 Å². The monoisotopic (exact) mass is 308 g/mol. The molecule has 0 heterocycles. The number of rotatable bonds is 6. The van der Waals surface area contributed by atoms with Crippen molar-refractivity contribution in [3.8, 4) is 12.3 Å². The number of allylic oxidation sites excluding steroid dienone is 3. The average Bonchev–Trinajstić information content (AvgIpc) is 2.93. The van der Waals surface area contributed by atoms with E-state index >= 15 is 0 Å². The van der Waals surface area contributed by atoms with Crippen molar-refractivity contribution in [1.29, 1.82) is 0 Å². The molecule has 2 nitrogen and oxygen atoms in total. The van der Waals surface area contributed by atoms with Crippen molar-refractivity contribution in [2.75, 3.05) is 5.88 Å². The molecule has 1 aliphatic rings. The van der Waals surface area contributed by atoms with Gasteiger partial charge in [-0.3, -0.25) is 4.79 Å². The molecule has 0 aromatic rings. The minimum absolute atomic E-state index is 0.0543. The van der Waals surface area contributed by atoms with Crippen LogP contribution in [0.15, 0.2) is 23.3 Å². The molecule has 21 heavy (non-hydrogen) atoms. The Morgan fingerprint density at radius 1 is 1.43 bits per heavy atom. The summed E-state index contributed by atoms with van der Waals surface area (Å²) in [5, 5.41) is 0. The Kier molecular flexibility index (Phi) is 6.10. The van der Waals surface area contributed by atoms with Gasteiger partial charge in [0.2, 0.25) is 0 Å². The first kappa shape index (κ1) is 17.9. The maximum absolute atomic E-state index is 12.4. The summed E-state index contributed by atoms with van der Waals surface area (Å²) < 4.78 is 5.51. The molecule has 116 valence electrons. The van der Waals surface area contributed by atoms with E-state index in [2.05, 4.69) is 25.8 Å². The van der Waals surface area contributed by atoms with Crippen molar-refractivity contribution in [1.82, 2.24) is 0 Å². The second-order valence-electron chi connectivity index (χ2n) is 6.48. The molecule has 0 amide bonds. The Labute approximate surface area is 133 Å². The fraction of sp³-hybridized carbons (Fsp3) is 0.611. The Morgan fingerprint density at radius 2 is 2.05 bits per heavy atom. The average molecular weight is 309 g/mol. The van der Waals surface area contributed by atoms with Gasteiger partial charge in [-0.05, 0) is 44.1 Å². The number of esters is 1. The molecule has 0 spiro atoms. The molecule has 3 atom stereocenters. The third kappa shape index (κ3) is 4.38. The maximum Gasteiger partial charge on any atom is 0.311 e. The van der Waals surface area contributed by atoms with Crippen LogP contribution in [0.4, 0.5) is 0 Å². The summed E-state index contributed by atoms with van der Waals surface area (Å²) in [5.74, 6) is 2.99. The maximum atomic E-state index is 12.4. The smallest absolute Gasteiger partial charge is 0.311 e. The zero-order valence-corrected chi connectivity index (χ0v) is 14.3. The molecule has 1 aliphatic carbocycles. The molecule has 1 rings (SSSR count). The number of halogens is 1. The highest BCUT2D eigenvalue weighted by Gasteiger charge is 2.61. The van der Waals surface area contributed by atoms with Gasteiger partial charge in [0.1, 0.15) is 0 Å². The SMILES string of the molecule is C#CC(OC(=O)C1C(C=C(C)C)C1(C)C)C(C)=CCCCl. The number of hydrogen-bond donors (Lipinski definition) is 0. The summed E-state index contributed by atoms with van der Waals surface area (Å²) in [6, 6.07) is 0. The summed E-state index contributed by atoms with van der Waals surface area (Å²) in [5.41, 5.74) is 2.03. The summed E-state index contributed by atoms with van der Waals surface area (Å²) in [7, 11) is 0. The second kappa shape index (κ2) is 7.18. The van der Waals surface area contributed by atoms with Crippen molar-refractivity contribution in [2.24, 2.45) is 17.3 Å². The van der Waals surface area contributed by atoms with Gasteiger partial charge in [-0.15, -0.1) is 18.0 Å². The first-order valence-corrected chi connectivity index (χ1v) is 7.83. The van der Waals surface area contributed by atoms with Crippen LogP contribution in [0.3, 0.4) is 0 Å². The van der Waals surface area contributed by atoms with Crippen molar-refractivity contribution in [3.05, 3.63) is 23.3 Å². The predicted octanol–water partition coefficient (Wildman–Crippen LogP) is 4.35. The van der Waals surface area contributed by atoms with Gasteiger partial charge < -0.3 is 4.74 Å². The summed E-state index contributed by atoms with van der Waals surface area (Å²) in [6.45, 7) is 10.1. The van der Waals surface area contributed by atoms with Gasteiger partial charge in [-0.2, -0.15) is 0 Å². The van der Waals surface area contributed by atoms with Gasteiger partial charge in [0.05, 0.1) is 5.92 Å². The van der Waals surface area contributed by atoms with Crippen LogP contribution in [-0.4, -0.2) is 18.0 Å². The lowest BCUT2D eigenvalue weighted by Crippen LogP contribution is -2.20. The highest BCUT2D eigenvalue weighted by molar-refractivity contribution is 6.17. The number of carbonyl (C=O) groups is 1. The van der Waals surface area contributed by atoms with Gasteiger partial charge in [0.25, 0.3) is 0 Å². The van der Waals surface area contributed by atoms with Crippen molar-refractivity contribution in [3.63, 3.8) is 0 Å². The predicted molar refractivity (Wildman–Crippen MR) is 88.0 cm³/mol. The normalized spacial score (nSPS) is 24.7. The van der Waals surface area contributed by atoms with E-state index in [9.17, 15) is 4.79 Å². The molecule has 0 saturated heterocycles. The minimum Gasteiger partial charge on any atom is -0.444 e. The Morgan fingerprint density at radius 3 is 2.52 bits per heavy atom. The zero-order chi connectivity index (χ0) is 16.2. The number of carbonyl (C=O) groups excluding carboxylic acids is 1. The van der Waals surface area contributed by atoms with E-state index in [-0.39, 0.29) is 23.2 Å². The summed E-state index contributed by atoms with van der Waals surface area (Å²) in [4.78, 5) is 12.4. The van der Waals surface area contributed by atoms with Crippen molar-refractivity contribution in [2.45, 2.75) is 47.1 Å². The molecular weight excluding hydrogens is 284 g/mol. The molecule has 0 aromatic carbocycles. The van der Waals surface area contributed by atoms with Gasteiger partial charge in [-0.25, -0.2) is 0 Å². The lowest BCUT2D eigenvalue weighted by Gasteiger charge is -2.13. The summed E-state index contributed by atoms with van der Waals surface area (Å²) in [6.07, 6.45) is 9.68. The van der Waals surface area contributed by atoms with E-state index in [1.807, 2.05) is 26.8 Å². The number of hydrogen-bond acceptors (Lipinski definition) is 2. The van der Waals surface area contributed by atoms with Crippen molar-refractivity contribution >= 4 is 17.6 Å². The third-order valence-corrected chi connectivity index (χ3v) is 4.27. The van der Waals surface area contributed by atoms with E-state index in [1.165, 1.54) is 5.57 Å². The zero-order valence-electron chi connectivity index (χ0n) is 13.6. The van der Waals surface area contributed by atoms with Crippen molar-refractivity contribution < 1.29 is 9.53 Å². The molecule has 1 fully saturated rings. The Balaban J connectivity index is 2.73. The molecule has 0 radical (unpaired) electrons. The molecular formula is C18H25ClO2. The van der Waals surface area contributed by atoms with E-state index < -0.39 is 6.10 Å². The quantitative estimate of drug-likeness (QED) is 0.316. The van der Waals surface area contributed by atoms with E-state index in [4.69, 9.17) is 22.8 Å². The minimum atomic E-state index is -0.593. The Hall–Kier alpha value is -1.20. The number of alkyl halides is 1. The lowest BCUT2D eigenvalue weighted by atomic mass is 10.1. The van der Waals surface area contributed by atoms with E-state index in [1.54, 1.807) is 0 Å². The fourth-order valence-electron chi connectivity index (χ4n) is 2.64. The van der Waals surface area contributed by atoms with Crippen LogP contribution in [0.1, 0.15) is 41.0 Å². The summed E-state index contributed by atoms with van der Waals surface area (Å²) >= 11 is 5.65. The van der Waals surface area contributed by atoms with Gasteiger partial charge in [0, 0.05) is 5.88 Å². The van der Waals surface area contributed by atoms with Crippen LogP contribution in [0, 0.1) is 29.6 Å². The molecule has 3 unspecified atom stereocenters. The highest BCUT2D eigenvalue weighted by atomic mass is 35.5. The fourth-order valence-corrected chi connectivity index (χ4v) is 2.74.